The first kappa shape index (κ1) is 73.8. The second-order valence-corrected chi connectivity index (χ2v) is 21.3. The summed E-state index contributed by atoms with van der Waals surface area (Å²) >= 11 is 0. The number of allylic oxidation sites excluding steroid dienone is 20. The molecular weight excluding hydrogens is 961 g/mol. The first-order chi connectivity index (χ1) is 38.5. The number of carbonyl (C=O) groups is 3. The van der Waals surface area contributed by atoms with Crippen LogP contribution in [0.2, 0.25) is 0 Å². The number of hydrogen-bond acceptors (Lipinski definition) is 6. The third kappa shape index (κ3) is 62.7. The quantitative estimate of drug-likeness (QED) is 0.0261. The molecule has 0 fully saturated rings. The average Bonchev–Trinajstić information content (AvgIpc) is 3.44. The third-order valence-corrected chi connectivity index (χ3v) is 13.7. The number of carbonyl (C=O) groups excluding carboxylic acids is 3. The lowest BCUT2D eigenvalue weighted by Crippen LogP contribution is -2.30. The molecule has 0 N–H and O–H groups in total. The Hall–Kier alpha value is -4.19. The van der Waals surface area contributed by atoms with E-state index in [0.29, 0.717) is 19.3 Å². The Kier molecular flexibility index (Phi) is 61.8. The summed E-state index contributed by atoms with van der Waals surface area (Å²) in [6.07, 6.45) is 90.6. The van der Waals surface area contributed by atoms with Crippen LogP contribution in [0.3, 0.4) is 0 Å². The van der Waals surface area contributed by atoms with Gasteiger partial charge in [-0.15, -0.1) is 0 Å². The SMILES string of the molecule is CC/C=C\C/C=C\C/C=C\C/C=C\C/C=C\C/C=C\C/C=C\C/C=C\CCCCC(=O)OCC(COC(=O)CCCCCCCCCCCCCCCC)OC(=O)CCCCCCCCCCC/C=C\C/C=C\CCCCC. The van der Waals surface area contributed by atoms with E-state index in [9.17, 15) is 14.4 Å². The lowest BCUT2D eigenvalue weighted by Gasteiger charge is -2.18. The third-order valence-electron chi connectivity index (χ3n) is 13.7. The van der Waals surface area contributed by atoms with Crippen molar-refractivity contribution >= 4 is 17.9 Å². The summed E-state index contributed by atoms with van der Waals surface area (Å²) in [5.41, 5.74) is 0. The van der Waals surface area contributed by atoms with Gasteiger partial charge in [0.05, 0.1) is 0 Å². The molecule has 0 amide bonds. The van der Waals surface area contributed by atoms with E-state index in [4.69, 9.17) is 14.2 Å². The van der Waals surface area contributed by atoms with Gasteiger partial charge < -0.3 is 14.2 Å². The molecule has 0 aromatic heterocycles. The molecule has 0 bridgehead atoms. The van der Waals surface area contributed by atoms with Gasteiger partial charge in [0.2, 0.25) is 0 Å². The second-order valence-electron chi connectivity index (χ2n) is 21.3. The highest BCUT2D eigenvalue weighted by Crippen LogP contribution is 2.16. The predicted octanol–water partition coefficient (Wildman–Crippen LogP) is 22.4. The van der Waals surface area contributed by atoms with E-state index in [1.807, 2.05) is 0 Å². The van der Waals surface area contributed by atoms with Crippen molar-refractivity contribution in [1.29, 1.82) is 0 Å². The Bertz CT molecular complexity index is 1620. The maximum Gasteiger partial charge on any atom is 0.306 e. The summed E-state index contributed by atoms with van der Waals surface area (Å²) in [4.78, 5) is 38.3. The molecule has 6 heteroatoms. The van der Waals surface area contributed by atoms with Gasteiger partial charge in [0.1, 0.15) is 13.2 Å². The molecule has 1 unspecified atom stereocenters. The Balaban J connectivity index is 4.44. The number of unbranched alkanes of at least 4 members (excludes halogenated alkanes) is 27. The first-order valence-electron chi connectivity index (χ1n) is 32.5. The van der Waals surface area contributed by atoms with E-state index in [1.54, 1.807) is 0 Å². The Morgan fingerprint density at radius 3 is 0.833 bits per heavy atom. The van der Waals surface area contributed by atoms with E-state index in [0.717, 1.165) is 116 Å². The molecule has 0 aliphatic carbocycles. The lowest BCUT2D eigenvalue weighted by molar-refractivity contribution is -0.167. The van der Waals surface area contributed by atoms with E-state index < -0.39 is 6.10 Å². The Morgan fingerprint density at radius 2 is 0.500 bits per heavy atom. The summed E-state index contributed by atoms with van der Waals surface area (Å²) in [6, 6.07) is 0. The second kappa shape index (κ2) is 65.3. The van der Waals surface area contributed by atoms with Gasteiger partial charge >= 0.3 is 17.9 Å². The highest BCUT2D eigenvalue weighted by atomic mass is 16.6. The predicted molar refractivity (Wildman–Crippen MR) is 339 cm³/mol. The minimum Gasteiger partial charge on any atom is -0.462 e. The van der Waals surface area contributed by atoms with Crippen LogP contribution in [0.5, 0.6) is 0 Å². The topological polar surface area (TPSA) is 78.9 Å². The summed E-state index contributed by atoms with van der Waals surface area (Å²) in [5, 5.41) is 0. The zero-order chi connectivity index (χ0) is 56.4. The maximum absolute atomic E-state index is 12.9. The minimum atomic E-state index is -0.801. The van der Waals surface area contributed by atoms with Crippen molar-refractivity contribution in [2.45, 2.75) is 303 Å². The van der Waals surface area contributed by atoms with Crippen molar-refractivity contribution in [3.05, 3.63) is 122 Å². The van der Waals surface area contributed by atoms with Gasteiger partial charge in [0, 0.05) is 19.3 Å². The van der Waals surface area contributed by atoms with Crippen molar-refractivity contribution < 1.29 is 28.6 Å². The van der Waals surface area contributed by atoms with Crippen LogP contribution in [0.25, 0.3) is 0 Å². The highest BCUT2D eigenvalue weighted by Gasteiger charge is 2.19. The molecule has 0 rings (SSSR count). The molecule has 6 nitrogen and oxygen atoms in total. The number of esters is 3. The summed E-state index contributed by atoms with van der Waals surface area (Å²) in [6.45, 7) is 6.48. The van der Waals surface area contributed by atoms with Gasteiger partial charge in [-0.3, -0.25) is 14.4 Å². The van der Waals surface area contributed by atoms with Gasteiger partial charge in [0.15, 0.2) is 6.10 Å². The molecule has 0 radical (unpaired) electrons. The van der Waals surface area contributed by atoms with Crippen molar-refractivity contribution in [2.24, 2.45) is 0 Å². The van der Waals surface area contributed by atoms with Crippen molar-refractivity contribution in [1.82, 2.24) is 0 Å². The van der Waals surface area contributed by atoms with Crippen LogP contribution in [0.4, 0.5) is 0 Å². The highest BCUT2D eigenvalue weighted by molar-refractivity contribution is 5.71. The molecule has 0 aromatic carbocycles. The summed E-state index contributed by atoms with van der Waals surface area (Å²) < 4.78 is 16.9. The number of rotatable bonds is 58. The molecule has 0 saturated heterocycles. The van der Waals surface area contributed by atoms with Crippen LogP contribution in [0.15, 0.2) is 122 Å². The van der Waals surface area contributed by atoms with E-state index in [1.165, 1.54) is 141 Å². The molecule has 444 valence electrons. The van der Waals surface area contributed by atoms with Crippen LogP contribution in [0, 0.1) is 0 Å². The first-order valence-corrected chi connectivity index (χ1v) is 32.5. The van der Waals surface area contributed by atoms with Gasteiger partial charge in [-0.2, -0.15) is 0 Å². The van der Waals surface area contributed by atoms with Crippen LogP contribution in [-0.2, 0) is 28.6 Å². The van der Waals surface area contributed by atoms with Crippen LogP contribution in [-0.4, -0.2) is 37.2 Å². The zero-order valence-electron chi connectivity index (χ0n) is 50.9. The fourth-order valence-corrected chi connectivity index (χ4v) is 8.84. The number of ether oxygens (including phenoxy) is 3. The average molecular weight is 1080 g/mol. The Morgan fingerprint density at radius 1 is 0.269 bits per heavy atom. The fraction of sp³-hybridized carbons (Fsp3) is 0.681. The molecule has 0 aliphatic rings. The van der Waals surface area contributed by atoms with Crippen LogP contribution >= 0.6 is 0 Å². The van der Waals surface area contributed by atoms with Gasteiger partial charge in [-0.25, -0.2) is 0 Å². The molecular formula is C72H120O6. The Labute approximate surface area is 482 Å². The maximum atomic E-state index is 12.9. The molecule has 0 heterocycles. The number of hydrogen-bond donors (Lipinski definition) is 0. The van der Waals surface area contributed by atoms with E-state index >= 15 is 0 Å². The molecule has 0 saturated carbocycles. The largest absolute Gasteiger partial charge is 0.462 e. The normalized spacial score (nSPS) is 12.9. The van der Waals surface area contributed by atoms with E-state index in [-0.39, 0.29) is 31.1 Å². The standard InChI is InChI=1S/C72H120O6/c1-4-7-10-13-16-19-22-25-28-30-32-33-34-35-36-37-38-39-41-42-44-47-50-53-56-59-62-65-71(74)77-68-69(67-76-70(73)64-61-58-55-52-49-46-27-24-21-18-15-12-9-6-3)78-72(75)66-63-60-57-54-51-48-45-43-40-31-29-26-23-20-17-14-11-8-5-2/h7,10,16-17,19-20,25-26,28-29,32-33,35-36,38-39,42,44,50,53,69H,4-6,8-9,11-15,18,21-24,27,30-31,34,37,40-41,43,45-49,51-52,54-68H2,1-3H3/b10-7-,19-16-,20-17-,28-25-,29-26-,33-32-,36-35-,39-38-,44-42-,53-50-. The van der Waals surface area contributed by atoms with Crippen molar-refractivity contribution in [3.63, 3.8) is 0 Å². The van der Waals surface area contributed by atoms with Crippen molar-refractivity contribution in [3.8, 4) is 0 Å². The van der Waals surface area contributed by atoms with Gasteiger partial charge in [0.25, 0.3) is 0 Å². The zero-order valence-corrected chi connectivity index (χ0v) is 50.9. The van der Waals surface area contributed by atoms with Gasteiger partial charge in [-0.1, -0.05) is 284 Å². The van der Waals surface area contributed by atoms with E-state index in [2.05, 4.69) is 142 Å². The molecule has 1 atom stereocenters. The van der Waals surface area contributed by atoms with Crippen molar-refractivity contribution in [2.75, 3.05) is 13.2 Å². The minimum absolute atomic E-state index is 0.0933. The molecule has 0 aromatic rings. The van der Waals surface area contributed by atoms with Crippen LogP contribution in [0.1, 0.15) is 297 Å². The molecule has 0 spiro atoms. The fourth-order valence-electron chi connectivity index (χ4n) is 8.84. The molecule has 78 heavy (non-hydrogen) atoms. The molecule has 0 aliphatic heterocycles. The summed E-state index contributed by atoms with van der Waals surface area (Å²) in [7, 11) is 0. The summed E-state index contributed by atoms with van der Waals surface area (Å²) in [5.74, 6) is -0.936. The van der Waals surface area contributed by atoms with Crippen LogP contribution < -0.4 is 0 Å². The monoisotopic (exact) mass is 1080 g/mol. The smallest absolute Gasteiger partial charge is 0.306 e. The lowest BCUT2D eigenvalue weighted by atomic mass is 10.0. The van der Waals surface area contributed by atoms with Gasteiger partial charge in [-0.05, 0) is 116 Å².